The maximum absolute atomic E-state index is 13.4. The number of aryl methyl sites for hydroxylation is 2. The monoisotopic (exact) mass is 501 g/mol. The Balaban J connectivity index is 2.20. The highest BCUT2D eigenvalue weighted by Crippen LogP contribution is 2.20. The Morgan fingerprint density at radius 1 is 1.00 bits per heavy atom. The molecule has 2 aromatic carbocycles. The van der Waals surface area contributed by atoms with Gasteiger partial charge < -0.3 is 10.2 Å². The van der Waals surface area contributed by atoms with E-state index in [0.717, 1.165) is 23.1 Å². The first-order chi connectivity index (χ1) is 16.6. The van der Waals surface area contributed by atoms with Gasteiger partial charge in [0.05, 0.1) is 11.9 Å². The van der Waals surface area contributed by atoms with Gasteiger partial charge in [-0.05, 0) is 56.4 Å². The molecule has 2 aromatic rings. The van der Waals surface area contributed by atoms with Crippen molar-refractivity contribution in [1.82, 2.24) is 10.2 Å². The summed E-state index contributed by atoms with van der Waals surface area (Å²) in [6.45, 7) is 8.89. The van der Waals surface area contributed by atoms with Crippen LogP contribution in [0.1, 0.15) is 56.2 Å². The van der Waals surface area contributed by atoms with Gasteiger partial charge in [-0.1, -0.05) is 55.8 Å². The summed E-state index contributed by atoms with van der Waals surface area (Å²) in [4.78, 5) is 28.0. The van der Waals surface area contributed by atoms with Gasteiger partial charge in [-0.25, -0.2) is 8.42 Å². The number of hydrogen-bond donors (Lipinski definition) is 1. The van der Waals surface area contributed by atoms with Crippen LogP contribution < -0.4 is 9.62 Å². The fraction of sp³-hybridized carbons (Fsp3) is 0.481. The van der Waals surface area contributed by atoms with Gasteiger partial charge in [0.1, 0.15) is 6.04 Å². The molecule has 0 aliphatic carbocycles. The number of nitrogens with zero attached hydrogens (tertiary/aromatic N) is 2. The summed E-state index contributed by atoms with van der Waals surface area (Å²) < 4.78 is 26.2. The van der Waals surface area contributed by atoms with Gasteiger partial charge >= 0.3 is 0 Å². The predicted molar refractivity (Wildman–Crippen MR) is 142 cm³/mol. The van der Waals surface area contributed by atoms with E-state index in [1.807, 2.05) is 64.1 Å². The Labute approximate surface area is 210 Å². The average molecular weight is 502 g/mol. The number of nitrogens with one attached hydrogen (secondary N) is 1. The summed E-state index contributed by atoms with van der Waals surface area (Å²) in [5, 5.41) is 2.92. The molecule has 0 fully saturated rings. The topological polar surface area (TPSA) is 86.8 Å². The molecule has 0 saturated carbocycles. The van der Waals surface area contributed by atoms with E-state index in [2.05, 4.69) is 5.32 Å². The molecule has 192 valence electrons. The number of anilines is 1. The van der Waals surface area contributed by atoms with Crippen LogP contribution in [0, 0.1) is 13.8 Å². The zero-order valence-electron chi connectivity index (χ0n) is 21.6. The largest absolute Gasteiger partial charge is 0.354 e. The highest BCUT2D eigenvalue weighted by Gasteiger charge is 2.29. The van der Waals surface area contributed by atoms with E-state index in [1.165, 1.54) is 10.6 Å². The zero-order valence-corrected chi connectivity index (χ0v) is 22.4. The van der Waals surface area contributed by atoms with E-state index in [4.69, 9.17) is 0 Å². The number of amides is 2. The molecular formula is C27H39N3O4S. The number of hydrogen-bond acceptors (Lipinski definition) is 4. The Kier molecular flexibility index (Phi) is 10.8. The van der Waals surface area contributed by atoms with Gasteiger partial charge in [-0.2, -0.15) is 0 Å². The molecule has 0 aliphatic rings. The second-order valence-electron chi connectivity index (χ2n) is 8.94. The first kappa shape index (κ1) is 28.4. The van der Waals surface area contributed by atoms with Crippen LogP contribution in [0.25, 0.3) is 0 Å². The molecule has 1 N–H and O–H groups in total. The van der Waals surface area contributed by atoms with E-state index < -0.39 is 16.1 Å². The van der Waals surface area contributed by atoms with Gasteiger partial charge in [-0.3, -0.25) is 13.9 Å². The van der Waals surface area contributed by atoms with Crippen LogP contribution in [-0.2, 0) is 26.2 Å². The minimum atomic E-state index is -3.50. The third-order valence-electron chi connectivity index (χ3n) is 6.01. The molecule has 35 heavy (non-hydrogen) atoms. The normalized spacial score (nSPS) is 12.1. The van der Waals surface area contributed by atoms with Crippen LogP contribution in [0.4, 0.5) is 5.69 Å². The lowest BCUT2D eigenvalue weighted by atomic mass is 10.1. The molecule has 0 radical (unpaired) electrons. The summed E-state index contributed by atoms with van der Waals surface area (Å²) in [5.74, 6) is -0.321. The molecule has 0 aromatic heterocycles. The van der Waals surface area contributed by atoms with Gasteiger partial charge in [-0.15, -0.1) is 0 Å². The third-order valence-corrected chi connectivity index (χ3v) is 7.21. The van der Waals surface area contributed by atoms with E-state index in [-0.39, 0.29) is 24.8 Å². The minimum absolute atomic E-state index is 0.140. The molecule has 1 atom stereocenters. The summed E-state index contributed by atoms with van der Waals surface area (Å²) in [7, 11) is -3.50. The lowest BCUT2D eigenvalue weighted by molar-refractivity contribution is -0.141. The summed E-state index contributed by atoms with van der Waals surface area (Å²) in [6, 6.07) is 14.5. The first-order valence-corrected chi connectivity index (χ1v) is 14.1. The summed E-state index contributed by atoms with van der Waals surface area (Å²) >= 11 is 0. The number of carbonyl (C=O) groups is 2. The van der Waals surface area contributed by atoms with Crippen molar-refractivity contribution in [2.45, 2.75) is 66.0 Å². The van der Waals surface area contributed by atoms with Crippen LogP contribution in [0.3, 0.4) is 0 Å². The van der Waals surface area contributed by atoms with Crippen LogP contribution >= 0.6 is 0 Å². The zero-order chi connectivity index (χ0) is 26.0. The standard InChI is InChI=1S/C27H39N3O4S/c1-6-18-28-27(32)25(7-2)29(20-23-12-9-8-11-22(23)4)26(31)13-10-19-30(35(5,33)34)24-16-14-21(3)15-17-24/h8-9,11-12,14-17,25H,6-7,10,13,18-20H2,1-5H3,(H,28,32). The quantitative estimate of drug-likeness (QED) is 0.446. The average Bonchev–Trinajstić information content (AvgIpc) is 2.81. The van der Waals surface area contributed by atoms with Crippen LogP contribution in [0.5, 0.6) is 0 Å². The number of benzene rings is 2. The molecule has 8 heteroatoms. The lowest BCUT2D eigenvalue weighted by Crippen LogP contribution is -2.49. The van der Waals surface area contributed by atoms with Crippen molar-refractivity contribution < 1.29 is 18.0 Å². The van der Waals surface area contributed by atoms with Crippen molar-refractivity contribution in [1.29, 1.82) is 0 Å². The molecule has 0 bridgehead atoms. The van der Waals surface area contributed by atoms with Crippen molar-refractivity contribution >= 4 is 27.5 Å². The molecule has 0 heterocycles. The van der Waals surface area contributed by atoms with Crippen molar-refractivity contribution in [3.8, 4) is 0 Å². The second-order valence-corrected chi connectivity index (χ2v) is 10.8. The number of rotatable bonds is 13. The Morgan fingerprint density at radius 2 is 1.66 bits per heavy atom. The van der Waals surface area contributed by atoms with Crippen molar-refractivity contribution in [2.24, 2.45) is 0 Å². The van der Waals surface area contributed by atoms with E-state index >= 15 is 0 Å². The molecule has 0 aliphatic heterocycles. The Morgan fingerprint density at radius 3 is 2.23 bits per heavy atom. The summed E-state index contributed by atoms with van der Waals surface area (Å²) in [6.07, 6.45) is 2.96. The molecule has 7 nitrogen and oxygen atoms in total. The smallest absolute Gasteiger partial charge is 0.242 e. The van der Waals surface area contributed by atoms with Gasteiger partial charge in [0.25, 0.3) is 0 Å². The maximum Gasteiger partial charge on any atom is 0.242 e. The fourth-order valence-corrected chi connectivity index (χ4v) is 4.94. The predicted octanol–water partition coefficient (Wildman–Crippen LogP) is 4.18. The van der Waals surface area contributed by atoms with E-state index in [9.17, 15) is 18.0 Å². The van der Waals surface area contributed by atoms with Crippen molar-refractivity contribution in [3.05, 3.63) is 65.2 Å². The summed E-state index contributed by atoms with van der Waals surface area (Å²) in [5.41, 5.74) is 3.65. The molecular weight excluding hydrogens is 462 g/mol. The second kappa shape index (κ2) is 13.3. The Hall–Kier alpha value is -2.87. The van der Waals surface area contributed by atoms with Crippen LogP contribution in [0.2, 0.25) is 0 Å². The number of sulfonamides is 1. The molecule has 1 unspecified atom stereocenters. The van der Waals surface area contributed by atoms with E-state index in [1.54, 1.807) is 17.0 Å². The maximum atomic E-state index is 13.4. The number of carbonyl (C=O) groups excluding carboxylic acids is 2. The highest BCUT2D eigenvalue weighted by molar-refractivity contribution is 7.92. The van der Waals surface area contributed by atoms with Crippen molar-refractivity contribution in [3.63, 3.8) is 0 Å². The minimum Gasteiger partial charge on any atom is -0.354 e. The van der Waals surface area contributed by atoms with Crippen LogP contribution in [0.15, 0.2) is 48.5 Å². The van der Waals surface area contributed by atoms with Crippen LogP contribution in [-0.4, -0.2) is 50.5 Å². The SMILES string of the molecule is CCCNC(=O)C(CC)N(Cc1ccccc1C)C(=O)CCCN(c1ccc(C)cc1)S(C)(=O)=O. The molecule has 0 spiro atoms. The highest BCUT2D eigenvalue weighted by atomic mass is 32.2. The first-order valence-electron chi connectivity index (χ1n) is 12.2. The van der Waals surface area contributed by atoms with Gasteiger partial charge in [0.15, 0.2) is 0 Å². The lowest BCUT2D eigenvalue weighted by Gasteiger charge is -2.31. The van der Waals surface area contributed by atoms with Crippen molar-refractivity contribution in [2.75, 3.05) is 23.7 Å². The van der Waals surface area contributed by atoms with Gasteiger partial charge in [0.2, 0.25) is 21.8 Å². The molecule has 0 saturated heterocycles. The Bertz CT molecular complexity index is 1080. The fourth-order valence-electron chi connectivity index (χ4n) is 3.97. The van der Waals surface area contributed by atoms with E-state index in [0.29, 0.717) is 31.6 Å². The third kappa shape index (κ3) is 8.38. The molecule has 2 rings (SSSR count). The molecule has 2 amide bonds. The van der Waals surface area contributed by atoms with Gasteiger partial charge in [0, 0.05) is 26.1 Å².